The van der Waals surface area contributed by atoms with Crippen molar-refractivity contribution in [2.24, 2.45) is 0 Å². The maximum Gasteiger partial charge on any atom is 0.337 e. The van der Waals surface area contributed by atoms with Crippen molar-refractivity contribution in [2.75, 3.05) is 63.2 Å². The summed E-state index contributed by atoms with van der Waals surface area (Å²) in [7, 11) is 1.27. The number of esters is 1. The standard InChI is InChI=1S/C27H30N4O5/c1-36-27(35)23-19-31(17-18-32)26(34)25(23)28-21-8-10-22(11-9-21)29-13-15-30(16-14-29)24(33)12-7-20-5-3-2-4-6-20/h2-12,28,32H,13-19H2,1H3. The minimum Gasteiger partial charge on any atom is -0.466 e. The number of aliphatic hydroxyl groups is 1. The molecule has 2 aliphatic rings. The van der Waals surface area contributed by atoms with Crippen LogP contribution in [0, 0.1) is 0 Å². The van der Waals surface area contributed by atoms with Crippen LogP contribution < -0.4 is 10.2 Å². The average molecular weight is 491 g/mol. The lowest BCUT2D eigenvalue weighted by Gasteiger charge is -2.35. The molecule has 0 saturated carbocycles. The van der Waals surface area contributed by atoms with Gasteiger partial charge in [0.2, 0.25) is 5.91 Å². The van der Waals surface area contributed by atoms with Crippen molar-refractivity contribution >= 4 is 35.2 Å². The number of aliphatic hydroxyl groups excluding tert-OH is 1. The highest BCUT2D eigenvalue weighted by molar-refractivity contribution is 6.08. The normalized spacial score (nSPS) is 16.2. The van der Waals surface area contributed by atoms with Gasteiger partial charge in [0.1, 0.15) is 5.70 Å². The third kappa shape index (κ3) is 5.75. The van der Waals surface area contributed by atoms with Crippen LogP contribution in [0.2, 0.25) is 0 Å². The number of anilines is 2. The Morgan fingerprint density at radius 3 is 2.36 bits per heavy atom. The van der Waals surface area contributed by atoms with E-state index in [2.05, 4.69) is 10.2 Å². The molecule has 0 atom stereocenters. The lowest BCUT2D eigenvalue weighted by atomic mass is 10.2. The molecule has 9 nitrogen and oxygen atoms in total. The van der Waals surface area contributed by atoms with Gasteiger partial charge in [0.25, 0.3) is 5.91 Å². The molecular formula is C27H30N4O5. The molecule has 188 valence electrons. The first-order chi connectivity index (χ1) is 17.5. The van der Waals surface area contributed by atoms with E-state index < -0.39 is 5.97 Å². The zero-order valence-electron chi connectivity index (χ0n) is 20.2. The van der Waals surface area contributed by atoms with Crippen LogP contribution in [0.4, 0.5) is 11.4 Å². The van der Waals surface area contributed by atoms with Crippen molar-refractivity contribution < 1.29 is 24.2 Å². The Bertz CT molecular complexity index is 1150. The first-order valence-electron chi connectivity index (χ1n) is 11.9. The predicted molar refractivity (Wildman–Crippen MR) is 137 cm³/mol. The molecule has 0 aliphatic carbocycles. The average Bonchev–Trinajstić information content (AvgIpc) is 3.23. The van der Waals surface area contributed by atoms with Crippen LogP contribution in [0.1, 0.15) is 5.56 Å². The van der Waals surface area contributed by atoms with Crippen molar-refractivity contribution in [1.82, 2.24) is 9.80 Å². The maximum absolute atomic E-state index is 12.7. The summed E-state index contributed by atoms with van der Waals surface area (Å²) in [5.74, 6) is -0.922. The Labute approximate surface area is 210 Å². The van der Waals surface area contributed by atoms with Gasteiger partial charge in [0.15, 0.2) is 0 Å². The summed E-state index contributed by atoms with van der Waals surface area (Å²) in [6.45, 7) is 2.72. The highest BCUT2D eigenvalue weighted by Gasteiger charge is 2.34. The van der Waals surface area contributed by atoms with Crippen LogP contribution in [-0.2, 0) is 19.1 Å². The zero-order chi connectivity index (χ0) is 25.5. The van der Waals surface area contributed by atoms with E-state index in [4.69, 9.17) is 4.74 Å². The Hall–Kier alpha value is -4.11. The lowest BCUT2D eigenvalue weighted by molar-refractivity contribution is -0.136. The van der Waals surface area contributed by atoms with Crippen LogP contribution >= 0.6 is 0 Å². The van der Waals surface area contributed by atoms with Crippen LogP contribution in [0.25, 0.3) is 6.08 Å². The molecule has 2 aromatic carbocycles. The van der Waals surface area contributed by atoms with Crippen LogP contribution in [0.5, 0.6) is 0 Å². The number of ether oxygens (including phenoxy) is 1. The van der Waals surface area contributed by atoms with Gasteiger partial charge in [-0.2, -0.15) is 0 Å². The quantitative estimate of drug-likeness (QED) is 0.429. The second-order valence-electron chi connectivity index (χ2n) is 8.52. The molecule has 9 heteroatoms. The first kappa shape index (κ1) is 25.0. The SMILES string of the molecule is COC(=O)C1=C(Nc2ccc(N3CCN(C(=O)C=Cc4ccccc4)CC3)cc2)C(=O)N(CCO)C1. The number of carbonyl (C=O) groups is 3. The molecule has 2 N–H and O–H groups in total. The minimum atomic E-state index is -0.575. The largest absolute Gasteiger partial charge is 0.466 e. The Kier molecular flexibility index (Phi) is 8.02. The fraction of sp³-hybridized carbons (Fsp3) is 0.296. The van der Waals surface area contributed by atoms with Crippen molar-refractivity contribution in [3.8, 4) is 0 Å². The summed E-state index contributed by atoms with van der Waals surface area (Å²) < 4.78 is 4.82. The first-order valence-corrected chi connectivity index (χ1v) is 11.9. The summed E-state index contributed by atoms with van der Waals surface area (Å²) in [6.07, 6.45) is 3.45. The molecule has 0 unspecified atom stereocenters. The van der Waals surface area contributed by atoms with Gasteiger partial charge in [0, 0.05) is 50.2 Å². The third-order valence-corrected chi connectivity index (χ3v) is 6.26. The number of hydrogen-bond donors (Lipinski definition) is 2. The second-order valence-corrected chi connectivity index (χ2v) is 8.52. The van der Waals surface area contributed by atoms with E-state index in [1.165, 1.54) is 12.0 Å². The highest BCUT2D eigenvalue weighted by atomic mass is 16.5. The number of nitrogens with one attached hydrogen (secondary N) is 1. The Morgan fingerprint density at radius 1 is 1.03 bits per heavy atom. The summed E-state index contributed by atoms with van der Waals surface area (Å²) >= 11 is 0. The van der Waals surface area contributed by atoms with E-state index in [0.29, 0.717) is 31.9 Å². The number of methoxy groups -OCH3 is 1. The van der Waals surface area contributed by atoms with Gasteiger partial charge in [-0.3, -0.25) is 9.59 Å². The van der Waals surface area contributed by atoms with E-state index in [-0.39, 0.29) is 42.8 Å². The van der Waals surface area contributed by atoms with Crippen LogP contribution in [0.3, 0.4) is 0 Å². The van der Waals surface area contributed by atoms with Gasteiger partial charge >= 0.3 is 5.97 Å². The number of nitrogens with zero attached hydrogens (tertiary/aromatic N) is 3. The molecule has 36 heavy (non-hydrogen) atoms. The molecular weight excluding hydrogens is 460 g/mol. The predicted octanol–water partition coefficient (Wildman–Crippen LogP) is 1.72. The smallest absolute Gasteiger partial charge is 0.337 e. The van der Waals surface area contributed by atoms with E-state index in [1.807, 2.05) is 65.6 Å². The summed E-state index contributed by atoms with van der Waals surface area (Å²) in [5, 5.41) is 12.2. The van der Waals surface area contributed by atoms with Gasteiger partial charge in [-0.25, -0.2) is 4.79 Å². The molecule has 0 bridgehead atoms. The molecule has 2 heterocycles. The molecule has 4 rings (SSSR count). The van der Waals surface area contributed by atoms with Crippen LogP contribution in [-0.4, -0.2) is 85.7 Å². The molecule has 2 aliphatic heterocycles. The monoisotopic (exact) mass is 490 g/mol. The van der Waals surface area contributed by atoms with E-state index in [9.17, 15) is 19.5 Å². The van der Waals surface area contributed by atoms with Crippen LogP contribution in [0.15, 0.2) is 71.9 Å². The molecule has 1 saturated heterocycles. The highest BCUT2D eigenvalue weighted by Crippen LogP contribution is 2.25. The minimum absolute atomic E-state index is 0.00390. The van der Waals surface area contributed by atoms with Gasteiger partial charge in [0.05, 0.1) is 25.8 Å². The fourth-order valence-corrected chi connectivity index (χ4v) is 4.27. The number of benzene rings is 2. The number of β-amino-alcohol motifs (C(OH)–C–C–N with tert-alkyl or cyclic N) is 1. The Balaban J connectivity index is 1.35. The fourth-order valence-electron chi connectivity index (χ4n) is 4.27. The van der Waals surface area contributed by atoms with Gasteiger partial charge in [-0.15, -0.1) is 0 Å². The molecule has 0 radical (unpaired) electrons. The van der Waals surface area contributed by atoms with Crippen molar-refractivity contribution in [2.45, 2.75) is 0 Å². The van der Waals surface area contributed by atoms with Gasteiger partial charge in [-0.05, 0) is 35.9 Å². The third-order valence-electron chi connectivity index (χ3n) is 6.26. The molecule has 2 amide bonds. The maximum atomic E-state index is 12.7. The number of carbonyl (C=O) groups excluding carboxylic acids is 3. The van der Waals surface area contributed by atoms with E-state index >= 15 is 0 Å². The molecule has 0 aromatic heterocycles. The van der Waals surface area contributed by atoms with Crippen molar-refractivity contribution in [3.63, 3.8) is 0 Å². The summed E-state index contributed by atoms with van der Waals surface area (Å²) in [6, 6.07) is 17.3. The summed E-state index contributed by atoms with van der Waals surface area (Å²) in [5.41, 5.74) is 3.07. The zero-order valence-corrected chi connectivity index (χ0v) is 20.2. The number of amides is 2. The van der Waals surface area contributed by atoms with E-state index in [0.717, 1.165) is 11.3 Å². The molecule has 0 spiro atoms. The molecule has 1 fully saturated rings. The second kappa shape index (κ2) is 11.5. The van der Waals surface area contributed by atoms with E-state index in [1.54, 1.807) is 6.08 Å². The van der Waals surface area contributed by atoms with Gasteiger partial charge in [-0.1, -0.05) is 30.3 Å². The van der Waals surface area contributed by atoms with Crippen molar-refractivity contribution in [3.05, 3.63) is 77.5 Å². The number of hydrogen-bond acceptors (Lipinski definition) is 7. The van der Waals surface area contributed by atoms with Gasteiger partial charge < -0.3 is 29.9 Å². The molecule has 2 aromatic rings. The topological polar surface area (TPSA) is 102 Å². The lowest BCUT2D eigenvalue weighted by Crippen LogP contribution is -2.48. The summed E-state index contributed by atoms with van der Waals surface area (Å²) in [4.78, 5) is 42.8. The van der Waals surface area contributed by atoms with Crippen molar-refractivity contribution in [1.29, 1.82) is 0 Å². The number of rotatable bonds is 8. The Morgan fingerprint density at radius 2 is 1.72 bits per heavy atom. The number of piperazine rings is 1.